The smallest absolute Gasteiger partial charge is 0.328 e. The standard InChI is InChI=1S/C13H21N5O2/c1-4-6-17-11-10(16(3)8-15-11)12(19)18(13(17)20)7-9(14)5-2/h8-9H,4-7,14H2,1-3H3. The van der Waals surface area contributed by atoms with Crippen LogP contribution in [-0.4, -0.2) is 24.7 Å². The van der Waals surface area contributed by atoms with E-state index in [9.17, 15) is 9.59 Å². The van der Waals surface area contributed by atoms with Gasteiger partial charge in [0.25, 0.3) is 5.56 Å². The van der Waals surface area contributed by atoms with Gasteiger partial charge in [-0.25, -0.2) is 9.78 Å². The van der Waals surface area contributed by atoms with E-state index in [0.717, 1.165) is 6.42 Å². The molecule has 1 atom stereocenters. The Morgan fingerprint density at radius 1 is 1.30 bits per heavy atom. The summed E-state index contributed by atoms with van der Waals surface area (Å²) in [6.07, 6.45) is 3.06. The molecule has 1 unspecified atom stereocenters. The van der Waals surface area contributed by atoms with Crippen LogP contribution < -0.4 is 17.0 Å². The molecule has 0 radical (unpaired) electrons. The van der Waals surface area contributed by atoms with E-state index in [-0.39, 0.29) is 23.8 Å². The van der Waals surface area contributed by atoms with Crippen molar-refractivity contribution in [2.45, 2.75) is 45.8 Å². The number of aryl methyl sites for hydroxylation is 2. The fraction of sp³-hybridized carbons (Fsp3) is 0.615. The van der Waals surface area contributed by atoms with Crippen molar-refractivity contribution in [3.05, 3.63) is 27.2 Å². The molecule has 2 aromatic rings. The zero-order chi connectivity index (χ0) is 14.9. The van der Waals surface area contributed by atoms with E-state index < -0.39 is 0 Å². The van der Waals surface area contributed by atoms with E-state index in [2.05, 4.69) is 4.98 Å². The van der Waals surface area contributed by atoms with Gasteiger partial charge in [-0.15, -0.1) is 0 Å². The van der Waals surface area contributed by atoms with Gasteiger partial charge in [0.2, 0.25) is 0 Å². The van der Waals surface area contributed by atoms with Crippen molar-refractivity contribution < 1.29 is 0 Å². The molecule has 2 heterocycles. The molecular weight excluding hydrogens is 258 g/mol. The van der Waals surface area contributed by atoms with Crippen molar-refractivity contribution in [1.82, 2.24) is 18.7 Å². The molecule has 0 aliphatic rings. The van der Waals surface area contributed by atoms with Crippen LogP contribution in [-0.2, 0) is 20.1 Å². The van der Waals surface area contributed by atoms with Crippen LogP contribution in [0.2, 0.25) is 0 Å². The van der Waals surface area contributed by atoms with E-state index in [0.29, 0.717) is 24.1 Å². The van der Waals surface area contributed by atoms with E-state index >= 15 is 0 Å². The second kappa shape index (κ2) is 5.62. The fourth-order valence-electron chi connectivity index (χ4n) is 2.26. The van der Waals surface area contributed by atoms with Crippen LogP contribution >= 0.6 is 0 Å². The summed E-state index contributed by atoms with van der Waals surface area (Å²) in [4.78, 5) is 29.1. The molecule has 0 amide bonds. The number of aromatic nitrogens is 4. The van der Waals surface area contributed by atoms with E-state index in [4.69, 9.17) is 5.73 Å². The fourth-order valence-corrected chi connectivity index (χ4v) is 2.26. The first-order valence-corrected chi connectivity index (χ1v) is 6.91. The lowest BCUT2D eigenvalue weighted by atomic mass is 10.2. The third-order valence-corrected chi connectivity index (χ3v) is 3.47. The first kappa shape index (κ1) is 14.5. The maximum atomic E-state index is 12.5. The van der Waals surface area contributed by atoms with Crippen molar-refractivity contribution >= 4 is 11.2 Å². The number of hydrogen-bond acceptors (Lipinski definition) is 4. The largest absolute Gasteiger partial charge is 0.332 e. The Bertz CT molecular complexity index is 725. The summed E-state index contributed by atoms with van der Waals surface area (Å²) in [5.74, 6) is 0. The molecule has 0 saturated heterocycles. The first-order valence-electron chi connectivity index (χ1n) is 6.91. The molecule has 0 aliphatic heterocycles. The Hall–Kier alpha value is -1.89. The normalized spacial score (nSPS) is 13.0. The molecule has 20 heavy (non-hydrogen) atoms. The van der Waals surface area contributed by atoms with Gasteiger partial charge in [-0.3, -0.25) is 13.9 Å². The summed E-state index contributed by atoms with van der Waals surface area (Å²) < 4.78 is 4.43. The number of nitrogens with zero attached hydrogens (tertiary/aromatic N) is 4. The molecule has 2 rings (SSSR count). The van der Waals surface area contributed by atoms with Crippen LogP contribution in [0, 0.1) is 0 Å². The molecule has 0 aromatic carbocycles. The Labute approximate surface area is 116 Å². The lowest BCUT2D eigenvalue weighted by Crippen LogP contribution is -2.44. The van der Waals surface area contributed by atoms with Crippen molar-refractivity contribution in [3.8, 4) is 0 Å². The van der Waals surface area contributed by atoms with Crippen molar-refractivity contribution in [1.29, 1.82) is 0 Å². The minimum Gasteiger partial charge on any atom is -0.328 e. The third-order valence-electron chi connectivity index (χ3n) is 3.47. The number of hydrogen-bond donors (Lipinski definition) is 1. The predicted molar refractivity (Wildman–Crippen MR) is 77.8 cm³/mol. The monoisotopic (exact) mass is 279 g/mol. The van der Waals surface area contributed by atoms with Crippen LogP contribution in [0.25, 0.3) is 11.2 Å². The Morgan fingerprint density at radius 2 is 2.00 bits per heavy atom. The molecule has 7 heteroatoms. The van der Waals surface area contributed by atoms with Gasteiger partial charge in [0.05, 0.1) is 6.33 Å². The molecule has 0 saturated carbocycles. The summed E-state index contributed by atoms with van der Waals surface area (Å²) in [5.41, 5.74) is 6.14. The molecular formula is C13H21N5O2. The van der Waals surface area contributed by atoms with Crippen LogP contribution in [0.15, 0.2) is 15.9 Å². The first-order chi connectivity index (χ1) is 9.51. The van der Waals surface area contributed by atoms with E-state index in [1.165, 1.54) is 4.57 Å². The quantitative estimate of drug-likeness (QED) is 0.837. The van der Waals surface area contributed by atoms with Crippen molar-refractivity contribution in [2.24, 2.45) is 12.8 Å². The second-order valence-electron chi connectivity index (χ2n) is 5.05. The molecule has 7 nitrogen and oxygen atoms in total. The zero-order valence-corrected chi connectivity index (χ0v) is 12.2. The van der Waals surface area contributed by atoms with E-state index in [1.807, 2.05) is 13.8 Å². The van der Waals surface area contributed by atoms with Gasteiger partial charge in [-0.2, -0.15) is 0 Å². The maximum Gasteiger partial charge on any atom is 0.332 e. The van der Waals surface area contributed by atoms with Crippen LogP contribution in [0.1, 0.15) is 26.7 Å². The Kier molecular flexibility index (Phi) is 4.08. The van der Waals surface area contributed by atoms with E-state index in [1.54, 1.807) is 22.5 Å². The summed E-state index contributed by atoms with van der Waals surface area (Å²) >= 11 is 0. The minimum atomic E-state index is -0.327. The minimum absolute atomic E-state index is 0.207. The van der Waals surface area contributed by atoms with Gasteiger partial charge in [-0.1, -0.05) is 13.8 Å². The number of rotatable bonds is 5. The topological polar surface area (TPSA) is 87.8 Å². The average Bonchev–Trinajstić information content (AvgIpc) is 2.81. The molecule has 110 valence electrons. The SMILES string of the molecule is CCCn1c(=O)n(CC(N)CC)c(=O)c2c1ncn2C. The summed E-state index contributed by atoms with van der Waals surface area (Å²) in [6, 6.07) is -0.207. The highest BCUT2D eigenvalue weighted by molar-refractivity contribution is 5.69. The Balaban J connectivity index is 2.77. The van der Waals surface area contributed by atoms with Gasteiger partial charge in [0.1, 0.15) is 0 Å². The summed E-state index contributed by atoms with van der Waals surface area (Å²) in [6.45, 7) is 4.68. The van der Waals surface area contributed by atoms with Gasteiger partial charge in [-0.05, 0) is 12.8 Å². The molecule has 0 bridgehead atoms. The number of fused-ring (bicyclic) bond motifs is 1. The highest BCUT2D eigenvalue weighted by Crippen LogP contribution is 2.05. The summed E-state index contributed by atoms with van der Waals surface area (Å²) in [5, 5.41) is 0. The average molecular weight is 279 g/mol. The molecule has 2 aromatic heterocycles. The molecule has 0 aliphatic carbocycles. The molecule has 2 N–H and O–H groups in total. The predicted octanol–water partition coefficient (Wildman–Crippen LogP) is 0.0440. The zero-order valence-electron chi connectivity index (χ0n) is 12.2. The van der Waals surface area contributed by atoms with Crippen LogP contribution in [0.5, 0.6) is 0 Å². The number of nitrogens with two attached hydrogens (primary N) is 1. The van der Waals surface area contributed by atoms with Gasteiger partial charge in [0, 0.05) is 26.2 Å². The second-order valence-corrected chi connectivity index (χ2v) is 5.05. The van der Waals surface area contributed by atoms with Crippen LogP contribution in [0.4, 0.5) is 0 Å². The van der Waals surface area contributed by atoms with Gasteiger partial charge >= 0.3 is 5.69 Å². The lowest BCUT2D eigenvalue weighted by Gasteiger charge is -2.14. The van der Waals surface area contributed by atoms with Crippen LogP contribution in [0.3, 0.4) is 0 Å². The molecule has 0 fully saturated rings. The number of imidazole rings is 1. The van der Waals surface area contributed by atoms with Crippen molar-refractivity contribution in [2.75, 3.05) is 0 Å². The Morgan fingerprint density at radius 3 is 2.60 bits per heavy atom. The third kappa shape index (κ3) is 2.29. The summed E-state index contributed by atoms with van der Waals surface area (Å²) in [7, 11) is 1.75. The van der Waals surface area contributed by atoms with Crippen molar-refractivity contribution in [3.63, 3.8) is 0 Å². The van der Waals surface area contributed by atoms with Gasteiger partial charge in [0.15, 0.2) is 11.2 Å². The lowest BCUT2D eigenvalue weighted by molar-refractivity contribution is 0.488. The van der Waals surface area contributed by atoms with Gasteiger partial charge < -0.3 is 10.3 Å². The maximum absolute atomic E-state index is 12.5. The highest BCUT2D eigenvalue weighted by atomic mass is 16.2. The highest BCUT2D eigenvalue weighted by Gasteiger charge is 2.17. The molecule has 0 spiro atoms.